The molecule has 5 rings (SSSR count). The molecule has 1 N–H and O–H groups in total. The molecule has 1 unspecified atom stereocenters. The van der Waals surface area contributed by atoms with Crippen LogP contribution in [0.25, 0.3) is 0 Å². The number of fused-ring (bicyclic) bond motifs is 2. The second-order valence-electron chi connectivity index (χ2n) is 6.61. The lowest BCUT2D eigenvalue weighted by molar-refractivity contribution is -0.0138. The first-order chi connectivity index (χ1) is 13.2. The van der Waals surface area contributed by atoms with Gasteiger partial charge in [-0.1, -0.05) is 0 Å². The number of aliphatic imine (C=N–C) groups is 2. The van der Waals surface area contributed by atoms with Gasteiger partial charge < -0.3 is 19.1 Å². The Balaban J connectivity index is 1.36. The van der Waals surface area contributed by atoms with Crippen molar-refractivity contribution >= 4 is 17.6 Å². The van der Waals surface area contributed by atoms with E-state index in [0.29, 0.717) is 49.4 Å². The minimum absolute atomic E-state index is 0.0494. The molecular formula is C18H19N5O4. The van der Waals surface area contributed by atoms with Crippen molar-refractivity contribution in [1.29, 1.82) is 0 Å². The molecule has 1 aromatic carbocycles. The van der Waals surface area contributed by atoms with E-state index >= 15 is 0 Å². The Labute approximate surface area is 155 Å². The fraction of sp³-hybridized carbons (Fsp3) is 0.389. The maximum atomic E-state index is 13.0. The number of allylic oxidation sites excluding steroid dienone is 1. The Kier molecular flexibility index (Phi) is 3.83. The Morgan fingerprint density at radius 3 is 3.11 bits per heavy atom. The highest BCUT2D eigenvalue weighted by atomic mass is 16.7. The van der Waals surface area contributed by atoms with Gasteiger partial charge >= 0.3 is 0 Å². The summed E-state index contributed by atoms with van der Waals surface area (Å²) in [4.78, 5) is 23.5. The summed E-state index contributed by atoms with van der Waals surface area (Å²) in [6.07, 6.45) is 1.72. The van der Waals surface area contributed by atoms with Gasteiger partial charge in [-0.15, -0.1) is 0 Å². The van der Waals surface area contributed by atoms with Gasteiger partial charge in [-0.05, 0) is 31.2 Å². The number of nitrogens with zero attached hydrogens (tertiary/aromatic N) is 4. The lowest BCUT2D eigenvalue weighted by Gasteiger charge is -2.37. The Morgan fingerprint density at radius 1 is 1.30 bits per heavy atom. The van der Waals surface area contributed by atoms with E-state index in [0.717, 1.165) is 11.4 Å². The van der Waals surface area contributed by atoms with E-state index in [1.54, 1.807) is 23.1 Å². The molecule has 27 heavy (non-hydrogen) atoms. The fourth-order valence-electron chi connectivity index (χ4n) is 3.54. The van der Waals surface area contributed by atoms with Gasteiger partial charge in [0.05, 0.1) is 18.8 Å². The number of carbonyl (C=O) groups is 1. The summed E-state index contributed by atoms with van der Waals surface area (Å²) in [5.41, 5.74) is 5.54. The molecule has 140 valence electrons. The smallest absolute Gasteiger partial charge is 0.254 e. The van der Waals surface area contributed by atoms with Crippen LogP contribution in [0.5, 0.6) is 11.5 Å². The van der Waals surface area contributed by atoms with Gasteiger partial charge in [0.25, 0.3) is 5.91 Å². The van der Waals surface area contributed by atoms with Gasteiger partial charge in [0, 0.05) is 17.8 Å². The molecule has 9 nitrogen and oxygen atoms in total. The van der Waals surface area contributed by atoms with Crippen LogP contribution in [-0.2, 0) is 4.74 Å². The second-order valence-corrected chi connectivity index (χ2v) is 6.61. The van der Waals surface area contributed by atoms with Crippen molar-refractivity contribution in [2.75, 3.05) is 33.2 Å². The van der Waals surface area contributed by atoms with Crippen molar-refractivity contribution in [3.63, 3.8) is 0 Å². The molecule has 4 heterocycles. The zero-order valence-corrected chi connectivity index (χ0v) is 14.8. The molecule has 1 atom stereocenters. The first-order valence-corrected chi connectivity index (χ1v) is 8.84. The van der Waals surface area contributed by atoms with Crippen molar-refractivity contribution in [3.8, 4) is 11.5 Å². The summed E-state index contributed by atoms with van der Waals surface area (Å²) in [5, 5.41) is 1.84. The Hall–Kier alpha value is -2.91. The second kappa shape index (κ2) is 6.36. The van der Waals surface area contributed by atoms with Crippen LogP contribution < -0.4 is 14.9 Å². The molecule has 4 aliphatic heterocycles. The van der Waals surface area contributed by atoms with E-state index in [9.17, 15) is 4.79 Å². The first-order valence-electron chi connectivity index (χ1n) is 8.84. The lowest BCUT2D eigenvalue weighted by Crippen LogP contribution is -2.51. The molecule has 9 heteroatoms. The Bertz CT molecular complexity index is 894. The average Bonchev–Trinajstić information content (AvgIpc) is 3.35. The summed E-state index contributed by atoms with van der Waals surface area (Å²) in [7, 11) is 0. The van der Waals surface area contributed by atoms with E-state index in [2.05, 4.69) is 15.4 Å². The largest absolute Gasteiger partial charge is 0.454 e. The number of rotatable bonds is 2. The van der Waals surface area contributed by atoms with E-state index in [4.69, 9.17) is 14.2 Å². The van der Waals surface area contributed by atoms with Crippen LogP contribution in [0, 0.1) is 0 Å². The molecule has 0 saturated carbocycles. The summed E-state index contributed by atoms with van der Waals surface area (Å²) < 4.78 is 16.7. The monoisotopic (exact) mass is 369 g/mol. The number of hydrogen-bond acceptors (Lipinski definition) is 8. The maximum Gasteiger partial charge on any atom is 0.254 e. The van der Waals surface area contributed by atoms with Gasteiger partial charge in [0.15, 0.2) is 11.5 Å². The van der Waals surface area contributed by atoms with E-state index < -0.39 is 0 Å². The zero-order valence-electron chi connectivity index (χ0n) is 14.8. The van der Waals surface area contributed by atoms with Crippen LogP contribution in [0.4, 0.5) is 0 Å². The highest BCUT2D eigenvalue weighted by molar-refractivity contribution is 6.05. The standard InChI is InChI=1S/C18H19N5O4/c1-11-6-13(23-18(21-11)19-9-20-23)16-8-22(4-5-25-16)17(24)12-2-3-14-15(7-12)27-10-26-14/h2-3,6-7,16,20H,4-5,8-10H2,1H3. The average molecular weight is 369 g/mol. The van der Waals surface area contributed by atoms with Crippen molar-refractivity contribution in [3.05, 3.63) is 35.5 Å². The van der Waals surface area contributed by atoms with Crippen LogP contribution >= 0.6 is 0 Å². The summed E-state index contributed by atoms with van der Waals surface area (Å²) >= 11 is 0. The predicted molar refractivity (Wildman–Crippen MR) is 96.7 cm³/mol. The molecule has 4 aliphatic rings. The summed E-state index contributed by atoms with van der Waals surface area (Å²) in [6, 6.07) is 5.27. The number of amides is 1. The fourth-order valence-corrected chi connectivity index (χ4v) is 3.54. The molecule has 1 fully saturated rings. The molecule has 1 saturated heterocycles. The van der Waals surface area contributed by atoms with Crippen molar-refractivity contribution in [2.45, 2.75) is 13.0 Å². The molecule has 0 radical (unpaired) electrons. The molecule has 0 spiro atoms. The van der Waals surface area contributed by atoms with Crippen molar-refractivity contribution in [1.82, 2.24) is 15.3 Å². The quantitative estimate of drug-likeness (QED) is 0.828. The third-order valence-corrected chi connectivity index (χ3v) is 4.84. The highest BCUT2D eigenvalue weighted by Gasteiger charge is 2.34. The van der Waals surface area contributed by atoms with Crippen LogP contribution in [-0.4, -0.2) is 66.7 Å². The number of ether oxygens (including phenoxy) is 3. The lowest BCUT2D eigenvalue weighted by atomic mass is 10.1. The highest BCUT2D eigenvalue weighted by Crippen LogP contribution is 2.33. The number of benzene rings is 1. The van der Waals surface area contributed by atoms with E-state index in [1.807, 2.05) is 18.0 Å². The van der Waals surface area contributed by atoms with Gasteiger partial charge in [-0.2, -0.15) is 0 Å². The minimum atomic E-state index is -0.252. The number of carbonyl (C=O) groups excluding carboxylic acids is 1. The third kappa shape index (κ3) is 2.84. The molecular weight excluding hydrogens is 350 g/mol. The molecule has 1 amide bonds. The number of hydrazine groups is 1. The molecule has 0 bridgehead atoms. The minimum Gasteiger partial charge on any atom is -0.454 e. The van der Waals surface area contributed by atoms with Crippen molar-refractivity contribution < 1.29 is 19.0 Å². The van der Waals surface area contributed by atoms with Crippen LogP contribution in [0.1, 0.15) is 17.3 Å². The normalized spacial score (nSPS) is 23.6. The van der Waals surface area contributed by atoms with Crippen LogP contribution in [0.15, 0.2) is 40.0 Å². The topological polar surface area (TPSA) is 88.0 Å². The van der Waals surface area contributed by atoms with Gasteiger partial charge in [-0.25, -0.2) is 20.4 Å². The molecule has 0 aliphatic carbocycles. The summed E-state index contributed by atoms with van der Waals surface area (Å²) in [6.45, 7) is 4.06. The number of hydrogen-bond donors (Lipinski definition) is 1. The first kappa shape index (κ1) is 16.3. The van der Waals surface area contributed by atoms with Gasteiger partial charge in [-0.3, -0.25) is 4.79 Å². The number of morpholine rings is 1. The molecule has 1 aromatic rings. The molecule has 0 aromatic heterocycles. The number of nitrogens with one attached hydrogen (secondary N) is 1. The summed E-state index contributed by atoms with van der Waals surface area (Å²) in [5.74, 6) is 1.86. The van der Waals surface area contributed by atoms with Gasteiger partial charge in [0.2, 0.25) is 12.8 Å². The zero-order chi connectivity index (χ0) is 18.4. The van der Waals surface area contributed by atoms with Crippen molar-refractivity contribution in [2.24, 2.45) is 9.98 Å². The SMILES string of the molecule is CC1=NC2=NCNN2C(C2CN(C(=O)c3ccc4c(c3)OCO4)CCO2)=C1. The third-order valence-electron chi connectivity index (χ3n) is 4.84. The predicted octanol–water partition coefficient (Wildman–Crippen LogP) is 0.748. The Morgan fingerprint density at radius 2 is 2.19 bits per heavy atom. The number of guanidine groups is 1. The van der Waals surface area contributed by atoms with Crippen LogP contribution in [0.3, 0.4) is 0 Å². The van der Waals surface area contributed by atoms with Crippen LogP contribution in [0.2, 0.25) is 0 Å². The maximum absolute atomic E-state index is 13.0. The van der Waals surface area contributed by atoms with E-state index in [-0.39, 0.29) is 18.8 Å². The van der Waals surface area contributed by atoms with E-state index in [1.165, 1.54) is 0 Å². The van der Waals surface area contributed by atoms with Gasteiger partial charge in [0.1, 0.15) is 12.8 Å².